The second-order valence-electron chi connectivity index (χ2n) is 9.53. The lowest BCUT2D eigenvalue weighted by Gasteiger charge is -2.22. The number of carbonyl (C=O) groups excluding carboxylic acids is 2. The largest absolute Gasteiger partial charge is 0.507 e. The molecule has 1 aliphatic rings. The molecule has 1 amide bonds. The Balaban J connectivity index is 1.71. The van der Waals surface area contributed by atoms with E-state index >= 15 is 0 Å². The highest BCUT2D eigenvalue weighted by Crippen LogP contribution is 2.44. The third kappa shape index (κ3) is 4.30. The molecule has 1 fully saturated rings. The van der Waals surface area contributed by atoms with Crippen LogP contribution >= 0.6 is 11.3 Å². The number of methoxy groups -OCH3 is 3. The number of H-pyrrole nitrogens is 1. The Morgan fingerprint density at radius 1 is 1.05 bits per heavy atom. The first-order chi connectivity index (χ1) is 18.7. The lowest BCUT2D eigenvalue weighted by molar-refractivity contribution is -0.132. The van der Waals surface area contributed by atoms with Crippen molar-refractivity contribution in [3.63, 3.8) is 0 Å². The number of hydrogen-bond acceptors (Lipinski definition) is 8. The van der Waals surface area contributed by atoms with Gasteiger partial charge in [-0.2, -0.15) is 0 Å². The molecule has 3 heterocycles. The van der Waals surface area contributed by atoms with Crippen molar-refractivity contribution in [3.8, 4) is 17.2 Å². The first kappa shape index (κ1) is 26.3. The average Bonchev–Trinajstić information content (AvgIpc) is 3.65. The Morgan fingerprint density at radius 2 is 1.74 bits per heavy atom. The SMILES string of the molecule is COc1cc2nc(N3C(=O)C(=O)/C(=C(/O)c4cc(C(C)C)c(OC)cc4C)C3c3cccs3)[nH]c2cc1OC. The van der Waals surface area contributed by atoms with Gasteiger partial charge >= 0.3 is 5.91 Å². The summed E-state index contributed by atoms with van der Waals surface area (Å²) in [7, 11) is 4.65. The van der Waals surface area contributed by atoms with Gasteiger partial charge in [-0.3, -0.25) is 14.5 Å². The minimum atomic E-state index is -0.877. The molecule has 4 aromatic rings. The maximum Gasteiger partial charge on any atom is 0.302 e. The fourth-order valence-corrected chi connectivity index (χ4v) is 5.75. The van der Waals surface area contributed by atoms with Crippen LogP contribution in [0.3, 0.4) is 0 Å². The summed E-state index contributed by atoms with van der Waals surface area (Å²) in [6, 6.07) is 9.86. The van der Waals surface area contributed by atoms with Gasteiger partial charge in [-0.1, -0.05) is 19.9 Å². The number of nitrogens with one attached hydrogen (secondary N) is 1. The Labute approximate surface area is 229 Å². The number of imidazole rings is 1. The molecular formula is C29H29N3O6S. The van der Waals surface area contributed by atoms with Crippen molar-refractivity contribution in [1.29, 1.82) is 0 Å². The number of ketones is 1. The zero-order valence-electron chi connectivity index (χ0n) is 22.5. The summed E-state index contributed by atoms with van der Waals surface area (Å²) in [6.07, 6.45) is 0. The molecule has 10 heteroatoms. The predicted molar refractivity (Wildman–Crippen MR) is 150 cm³/mol. The molecule has 1 unspecified atom stereocenters. The van der Waals surface area contributed by atoms with E-state index in [0.29, 0.717) is 44.3 Å². The average molecular weight is 548 g/mol. The number of fused-ring (bicyclic) bond motifs is 1. The Morgan fingerprint density at radius 3 is 2.36 bits per heavy atom. The lowest BCUT2D eigenvalue weighted by Crippen LogP contribution is -2.30. The van der Waals surface area contributed by atoms with E-state index in [9.17, 15) is 14.7 Å². The van der Waals surface area contributed by atoms with E-state index in [2.05, 4.69) is 9.97 Å². The van der Waals surface area contributed by atoms with Crippen LogP contribution in [0.15, 0.2) is 47.4 Å². The maximum atomic E-state index is 13.6. The Kier molecular flexibility index (Phi) is 6.82. The normalized spacial score (nSPS) is 16.9. The van der Waals surface area contributed by atoms with Gasteiger partial charge in [0.05, 0.1) is 37.9 Å². The van der Waals surface area contributed by atoms with Crippen LogP contribution in [0.2, 0.25) is 0 Å². The second-order valence-corrected chi connectivity index (χ2v) is 10.5. The molecule has 39 heavy (non-hydrogen) atoms. The standard InChI is InChI=1S/C29H29N3O6S/c1-14(2)16-11-17(15(3)10-20(16)36-4)26(33)24-25(23-8-7-9-39-23)32(28(35)27(24)34)29-30-18-12-21(37-5)22(38-6)13-19(18)31-29/h7-14,25,33H,1-6H3,(H,30,31)/b26-24+. The quantitative estimate of drug-likeness (QED) is 0.173. The second kappa shape index (κ2) is 10.1. The minimum Gasteiger partial charge on any atom is -0.507 e. The molecule has 2 aromatic heterocycles. The number of thiophene rings is 1. The van der Waals surface area contributed by atoms with Gasteiger partial charge in [-0.15, -0.1) is 11.3 Å². The number of nitrogens with zero attached hydrogens (tertiary/aromatic N) is 2. The van der Waals surface area contributed by atoms with Crippen molar-refractivity contribution in [1.82, 2.24) is 9.97 Å². The molecule has 1 saturated heterocycles. The molecule has 5 rings (SSSR count). The number of aryl methyl sites for hydroxylation is 1. The van der Waals surface area contributed by atoms with E-state index in [1.54, 1.807) is 19.2 Å². The molecule has 1 atom stereocenters. The Bertz CT molecular complexity index is 1580. The number of benzene rings is 2. The number of aromatic amines is 1. The number of amides is 1. The van der Waals surface area contributed by atoms with Gasteiger partial charge < -0.3 is 24.3 Å². The highest BCUT2D eigenvalue weighted by molar-refractivity contribution is 7.10. The van der Waals surface area contributed by atoms with Crippen LogP contribution in [0.5, 0.6) is 17.2 Å². The summed E-state index contributed by atoms with van der Waals surface area (Å²) in [5.74, 6) is 0.134. The van der Waals surface area contributed by atoms with Crippen molar-refractivity contribution in [2.24, 2.45) is 0 Å². The molecule has 0 saturated carbocycles. The number of Topliss-reactive ketones (excluding diaryl/α,β-unsaturated/α-hetero) is 1. The van der Waals surface area contributed by atoms with Crippen LogP contribution in [0, 0.1) is 6.92 Å². The van der Waals surface area contributed by atoms with Crippen molar-refractivity contribution in [2.45, 2.75) is 32.7 Å². The first-order valence-corrected chi connectivity index (χ1v) is 13.2. The van der Waals surface area contributed by atoms with Gasteiger partial charge in [0.25, 0.3) is 5.78 Å². The fraction of sp³-hybridized carbons (Fsp3) is 0.276. The number of rotatable bonds is 7. The van der Waals surface area contributed by atoms with E-state index in [0.717, 1.165) is 5.56 Å². The number of anilines is 1. The van der Waals surface area contributed by atoms with Crippen molar-refractivity contribution in [2.75, 3.05) is 26.2 Å². The third-order valence-corrected chi connectivity index (χ3v) is 7.84. The molecule has 0 bridgehead atoms. The van der Waals surface area contributed by atoms with Gasteiger partial charge in [-0.05, 0) is 47.5 Å². The van der Waals surface area contributed by atoms with E-state index in [1.165, 1.54) is 30.5 Å². The summed E-state index contributed by atoms with van der Waals surface area (Å²) in [6.45, 7) is 5.87. The van der Waals surface area contributed by atoms with Crippen LogP contribution < -0.4 is 19.1 Å². The molecule has 0 aliphatic carbocycles. The zero-order valence-corrected chi connectivity index (χ0v) is 23.3. The number of aliphatic hydroxyl groups is 1. The molecule has 2 aromatic carbocycles. The van der Waals surface area contributed by atoms with E-state index < -0.39 is 17.7 Å². The summed E-state index contributed by atoms with van der Waals surface area (Å²) < 4.78 is 16.3. The van der Waals surface area contributed by atoms with Crippen molar-refractivity contribution >= 4 is 45.8 Å². The van der Waals surface area contributed by atoms with Gasteiger partial charge in [0.15, 0.2) is 11.5 Å². The van der Waals surface area contributed by atoms with Crippen LogP contribution in [0.4, 0.5) is 5.95 Å². The molecule has 202 valence electrons. The third-order valence-electron chi connectivity index (χ3n) is 6.91. The summed E-state index contributed by atoms with van der Waals surface area (Å²) in [4.78, 5) is 36.9. The molecule has 0 radical (unpaired) electrons. The fourth-order valence-electron chi connectivity index (χ4n) is 4.93. The van der Waals surface area contributed by atoms with Crippen molar-refractivity contribution in [3.05, 3.63) is 68.9 Å². The first-order valence-electron chi connectivity index (χ1n) is 12.3. The monoisotopic (exact) mass is 547 g/mol. The number of aromatic nitrogens is 2. The molecular weight excluding hydrogens is 518 g/mol. The maximum absolute atomic E-state index is 13.6. The topological polar surface area (TPSA) is 114 Å². The number of carbonyl (C=O) groups is 2. The van der Waals surface area contributed by atoms with Crippen LogP contribution in [-0.2, 0) is 9.59 Å². The van der Waals surface area contributed by atoms with Crippen molar-refractivity contribution < 1.29 is 28.9 Å². The molecule has 0 spiro atoms. The number of aliphatic hydroxyl groups excluding tert-OH is 1. The number of hydrogen-bond donors (Lipinski definition) is 2. The highest BCUT2D eigenvalue weighted by atomic mass is 32.1. The lowest BCUT2D eigenvalue weighted by atomic mass is 9.92. The molecule has 9 nitrogen and oxygen atoms in total. The van der Waals surface area contributed by atoms with Crippen LogP contribution in [-0.4, -0.2) is 48.1 Å². The summed E-state index contributed by atoms with van der Waals surface area (Å²) in [5.41, 5.74) is 3.20. The van der Waals surface area contributed by atoms with E-state index in [1.807, 2.05) is 50.4 Å². The zero-order chi connectivity index (χ0) is 28.0. The summed E-state index contributed by atoms with van der Waals surface area (Å²) >= 11 is 1.38. The number of ether oxygens (including phenoxy) is 3. The van der Waals surface area contributed by atoms with E-state index in [-0.39, 0.29) is 23.2 Å². The van der Waals surface area contributed by atoms with Gasteiger partial charge in [0.2, 0.25) is 5.95 Å². The van der Waals surface area contributed by atoms with Gasteiger partial charge in [0, 0.05) is 22.6 Å². The van der Waals surface area contributed by atoms with Crippen LogP contribution in [0.25, 0.3) is 16.8 Å². The van der Waals surface area contributed by atoms with Gasteiger partial charge in [0.1, 0.15) is 17.6 Å². The smallest absolute Gasteiger partial charge is 0.302 e. The minimum absolute atomic E-state index is 0.000963. The molecule has 2 N–H and O–H groups in total. The molecule has 1 aliphatic heterocycles. The van der Waals surface area contributed by atoms with Gasteiger partial charge in [-0.25, -0.2) is 4.98 Å². The Hall–Kier alpha value is -4.31. The summed E-state index contributed by atoms with van der Waals surface area (Å²) in [5, 5.41) is 13.5. The highest BCUT2D eigenvalue weighted by Gasteiger charge is 2.48. The van der Waals surface area contributed by atoms with E-state index in [4.69, 9.17) is 14.2 Å². The predicted octanol–water partition coefficient (Wildman–Crippen LogP) is 5.71. The van der Waals surface area contributed by atoms with Crippen LogP contribution in [0.1, 0.15) is 47.4 Å².